The largest absolute Gasteiger partial charge is 0.416 e. The molecular formula is C19H26F3N3O. The molecule has 0 radical (unpaired) electrons. The second-order valence-corrected chi connectivity index (χ2v) is 7.21. The van der Waals surface area contributed by atoms with Crippen molar-refractivity contribution in [1.29, 1.82) is 0 Å². The Labute approximate surface area is 152 Å². The zero-order chi connectivity index (χ0) is 18.7. The monoisotopic (exact) mass is 369 g/mol. The molecule has 0 bridgehead atoms. The third-order valence-corrected chi connectivity index (χ3v) is 5.58. The highest BCUT2D eigenvalue weighted by Crippen LogP contribution is 2.32. The number of rotatable bonds is 5. The number of likely N-dealkylation sites (tertiary alicyclic amines) is 1. The van der Waals surface area contributed by atoms with Crippen LogP contribution in [0.5, 0.6) is 0 Å². The highest BCUT2D eigenvalue weighted by Gasteiger charge is 2.38. The van der Waals surface area contributed by atoms with Gasteiger partial charge in [-0.25, -0.2) is 0 Å². The molecular weight excluding hydrogens is 343 g/mol. The van der Waals surface area contributed by atoms with Gasteiger partial charge in [0.15, 0.2) is 0 Å². The van der Waals surface area contributed by atoms with Crippen LogP contribution in [0.25, 0.3) is 0 Å². The third-order valence-electron chi connectivity index (χ3n) is 5.58. The van der Waals surface area contributed by atoms with Gasteiger partial charge in [-0.1, -0.05) is 0 Å². The smallest absolute Gasteiger partial charge is 0.320 e. The molecule has 2 fully saturated rings. The van der Waals surface area contributed by atoms with Crippen LogP contribution in [-0.4, -0.2) is 50.1 Å². The number of nitrogens with zero attached hydrogens (tertiary/aromatic N) is 2. The first-order chi connectivity index (χ1) is 12.4. The average Bonchev–Trinajstić information content (AvgIpc) is 3.01. The van der Waals surface area contributed by atoms with E-state index >= 15 is 0 Å². The van der Waals surface area contributed by atoms with Crippen molar-refractivity contribution in [2.45, 2.75) is 37.9 Å². The number of hydrogen-bond donors (Lipinski definition) is 1. The minimum atomic E-state index is -4.35. The summed E-state index contributed by atoms with van der Waals surface area (Å²) >= 11 is 0. The first-order valence-electron chi connectivity index (χ1n) is 9.27. The summed E-state index contributed by atoms with van der Waals surface area (Å²) in [7, 11) is 1.96. The van der Waals surface area contributed by atoms with Gasteiger partial charge in [-0.2, -0.15) is 13.2 Å². The lowest BCUT2D eigenvalue weighted by Crippen LogP contribution is -2.46. The fraction of sp³-hybridized carbons (Fsp3) is 0.632. The van der Waals surface area contributed by atoms with E-state index in [0.29, 0.717) is 18.2 Å². The Morgan fingerprint density at radius 3 is 2.31 bits per heavy atom. The van der Waals surface area contributed by atoms with E-state index in [9.17, 15) is 18.0 Å². The van der Waals surface area contributed by atoms with Gasteiger partial charge < -0.3 is 10.2 Å². The van der Waals surface area contributed by atoms with Crippen LogP contribution in [0.2, 0.25) is 0 Å². The maximum absolute atomic E-state index is 12.8. The van der Waals surface area contributed by atoms with Gasteiger partial charge in [-0.3, -0.25) is 9.69 Å². The highest BCUT2D eigenvalue weighted by molar-refractivity contribution is 5.99. The molecule has 7 heteroatoms. The lowest BCUT2D eigenvalue weighted by molar-refractivity contribution is -0.137. The molecule has 3 rings (SSSR count). The van der Waals surface area contributed by atoms with Crippen LogP contribution >= 0.6 is 0 Å². The zero-order valence-electron chi connectivity index (χ0n) is 15.1. The zero-order valence-corrected chi connectivity index (χ0v) is 15.1. The van der Waals surface area contributed by atoms with Crippen molar-refractivity contribution >= 4 is 11.6 Å². The maximum Gasteiger partial charge on any atom is 0.416 e. The minimum Gasteiger partial charge on any atom is -0.320 e. The summed E-state index contributed by atoms with van der Waals surface area (Å²) in [6.45, 7) is 3.43. The van der Waals surface area contributed by atoms with E-state index < -0.39 is 11.7 Å². The number of benzene rings is 1. The van der Waals surface area contributed by atoms with E-state index in [0.717, 1.165) is 51.0 Å². The van der Waals surface area contributed by atoms with Gasteiger partial charge in [-0.15, -0.1) is 0 Å². The van der Waals surface area contributed by atoms with Gasteiger partial charge in [0.1, 0.15) is 0 Å². The summed E-state index contributed by atoms with van der Waals surface area (Å²) in [4.78, 5) is 16.7. The van der Waals surface area contributed by atoms with Crippen molar-refractivity contribution in [1.82, 2.24) is 10.2 Å². The number of anilines is 1. The van der Waals surface area contributed by atoms with Gasteiger partial charge in [0.05, 0.1) is 11.6 Å². The first-order valence-corrected chi connectivity index (χ1v) is 9.27. The van der Waals surface area contributed by atoms with Crippen molar-refractivity contribution in [3.05, 3.63) is 29.8 Å². The molecule has 2 aliphatic rings. The number of hydrogen-bond acceptors (Lipinski definition) is 3. The van der Waals surface area contributed by atoms with Gasteiger partial charge in [0.25, 0.3) is 0 Å². The van der Waals surface area contributed by atoms with Crippen molar-refractivity contribution in [3.8, 4) is 0 Å². The lowest BCUT2D eigenvalue weighted by Gasteiger charge is -2.35. The predicted molar refractivity (Wildman–Crippen MR) is 95.0 cm³/mol. The number of piperidine rings is 1. The number of amides is 1. The van der Waals surface area contributed by atoms with Crippen LogP contribution in [-0.2, 0) is 11.0 Å². The lowest BCUT2D eigenvalue weighted by atomic mass is 9.92. The molecule has 2 saturated heterocycles. The minimum absolute atomic E-state index is 0.0124. The Hall–Kier alpha value is -1.60. The summed E-state index contributed by atoms with van der Waals surface area (Å²) in [5.41, 5.74) is -0.137. The quantitative estimate of drug-likeness (QED) is 0.866. The Kier molecular flexibility index (Phi) is 5.87. The number of halogens is 3. The van der Waals surface area contributed by atoms with Gasteiger partial charge in [-0.05, 0) is 82.5 Å². The SMILES string of the molecule is CNCCC1CCN(C2CCN(c3ccc(C(F)(F)F)cc3)C2=O)CC1. The van der Waals surface area contributed by atoms with Gasteiger partial charge in [0.2, 0.25) is 5.91 Å². The summed E-state index contributed by atoms with van der Waals surface area (Å²) < 4.78 is 38.1. The van der Waals surface area contributed by atoms with Gasteiger partial charge in [0, 0.05) is 12.2 Å². The number of carbonyl (C=O) groups is 1. The number of alkyl halides is 3. The molecule has 1 N–H and O–H groups in total. The van der Waals surface area contributed by atoms with Crippen LogP contribution in [0.1, 0.15) is 31.2 Å². The van der Waals surface area contributed by atoms with Crippen LogP contribution in [0, 0.1) is 5.92 Å². The van der Waals surface area contributed by atoms with E-state index in [1.807, 2.05) is 7.05 Å². The van der Waals surface area contributed by atoms with E-state index in [1.165, 1.54) is 18.6 Å². The van der Waals surface area contributed by atoms with Crippen molar-refractivity contribution in [2.75, 3.05) is 38.1 Å². The maximum atomic E-state index is 12.8. The van der Waals surface area contributed by atoms with Crippen LogP contribution in [0.4, 0.5) is 18.9 Å². The molecule has 26 heavy (non-hydrogen) atoms. The molecule has 2 aliphatic heterocycles. The molecule has 1 unspecified atom stereocenters. The molecule has 0 aliphatic carbocycles. The summed E-state index contributed by atoms with van der Waals surface area (Å²) in [6, 6.07) is 4.74. The summed E-state index contributed by atoms with van der Waals surface area (Å²) in [6.07, 6.45) is -0.243. The summed E-state index contributed by atoms with van der Waals surface area (Å²) in [5, 5.41) is 3.18. The van der Waals surface area contributed by atoms with Crippen molar-refractivity contribution < 1.29 is 18.0 Å². The normalized spacial score (nSPS) is 23.0. The highest BCUT2D eigenvalue weighted by atomic mass is 19.4. The number of carbonyl (C=O) groups excluding carboxylic acids is 1. The van der Waals surface area contributed by atoms with E-state index in [1.54, 1.807) is 4.90 Å². The Bertz CT molecular complexity index is 609. The molecule has 0 spiro atoms. The standard InChI is InChI=1S/C19H26F3N3O/c1-23-10-6-14-7-11-24(12-8-14)17-9-13-25(18(17)26)16-4-2-15(3-5-16)19(20,21)22/h2-5,14,17,23H,6-13H2,1H3. The Morgan fingerprint density at radius 1 is 1.08 bits per heavy atom. The molecule has 0 aromatic heterocycles. The molecule has 0 saturated carbocycles. The first kappa shape index (κ1) is 19.2. The molecule has 1 atom stereocenters. The molecule has 2 heterocycles. The van der Waals surface area contributed by atoms with E-state index in [-0.39, 0.29) is 11.9 Å². The van der Waals surface area contributed by atoms with Crippen LogP contribution in [0.3, 0.4) is 0 Å². The van der Waals surface area contributed by atoms with E-state index in [2.05, 4.69) is 10.2 Å². The Balaban J connectivity index is 1.58. The Morgan fingerprint density at radius 2 is 1.73 bits per heavy atom. The van der Waals surface area contributed by atoms with Crippen LogP contribution in [0.15, 0.2) is 24.3 Å². The average molecular weight is 369 g/mol. The fourth-order valence-electron chi connectivity index (χ4n) is 3.99. The fourth-order valence-corrected chi connectivity index (χ4v) is 3.99. The topological polar surface area (TPSA) is 35.6 Å². The van der Waals surface area contributed by atoms with Gasteiger partial charge >= 0.3 is 6.18 Å². The molecule has 1 amide bonds. The second-order valence-electron chi connectivity index (χ2n) is 7.21. The predicted octanol–water partition coefficient (Wildman–Crippen LogP) is 3.13. The third kappa shape index (κ3) is 4.20. The van der Waals surface area contributed by atoms with E-state index in [4.69, 9.17) is 0 Å². The molecule has 4 nitrogen and oxygen atoms in total. The second kappa shape index (κ2) is 7.96. The van der Waals surface area contributed by atoms with Crippen LogP contribution < -0.4 is 10.2 Å². The molecule has 144 valence electrons. The molecule has 1 aromatic carbocycles. The summed E-state index contributed by atoms with van der Waals surface area (Å²) in [5.74, 6) is 0.722. The number of nitrogens with one attached hydrogen (secondary N) is 1. The van der Waals surface area contributed by atoms with Crippen molar-refractivity contribution in [2.24, 2.45) is 5.92 Å². The van der Waals surface area contributed by atoms with Crippen molar-refractivity contribution in [3.63, 3.8) is 0 Å². The molecule has 1 aromatic rings.